The zero-order valence-corrected chi connectivity index (χ0v) is 14.2. The Hall–Kier alpha value is -2.51. The van der Waals surface area contributed by atoms with Gasteiger partial charge in [0.1, 0.15) is 5.82 Å². The number of pyridine rings is 1. The van der Waals surface area contributed by atoms with Crippen LogP contribution in [0.1, 0.15) is 29.0 Å². The highest BCUT2D eigenvalue weighted by atomic mass is 32.2. The Balaban J connectivity index is 1.50. The molecule has 7 heteroatoms. The Labute approximate surface area is 145 Å². The predicted octanol–water partition coefficient (Wildman–Crippen LogP) is 2.41. The number of nitrogens with zero attached hydrogens (tertiary/aromatic N) is 2. The number of carbonyl (C=O) groups is 1. The molecule has 6 nitrogen and oxygen atoms in total. The van der Waals surface area contributed by atoms with Crippen molar-refractivity contribution in [2.45, 2.75) is 24.3 Å². The van der Waals surface area contributed by atoms with Gasteiger partial charge in [-0.15, -0.1) is 0 Å². The van der Waals surface area contributed by atoms with Crippen LogP contribution in [0, 0.1) is 5.92 Å². The standard InChI is InChI=1S/C18H17N3O3S/c22-18(13-4-5-13)14-6-8-16(9-7-14)25(23,24)20-12-17-19-11-15-3-1-2-10-21(15)17/h1-3,6-11,13,20H,4-5,12H2. The Bertz CT molecular complexity index is 1030. The molecule has 0 spiro atoms. The Morgan fingerprint density at radius 1 is 1.16 bits per heavy atom. The lowest BCUT2D eigenvalue weighted by atomic mass is 10.1. The highest BCUT2D eigenvalue weighted by Crippen LogP contribution is 2.32. The van der Waals surface area contributed by atoms with Crippen LogP contribution in [-0.2, 0) is 16.6 Å². The van der Waals surface area contributed by atoms with E-state index in [2.05, 4.69) is 9.71 Å². The number of sulfonamides is 1. The number of imidazole rings is 1. The van der Waals surface area contributed by atoms with E-state index in [1.807, 2.05) is 28.8 Å². The number of carbonyl (C=O) groups excluding carboxylic acids is 1. The van der Waals surface area contributed by atoms with Crippen LogP contribution in [0.25, 0.3) is 5.52 Å². The predicted molar refractivity (Wildman–Crippen MR) is 92.7 cm³/mol. The van der Waals surface area contributed by atoms with Gasteiger partial charge >= 0.3 is 0 Å². The molecule has 1 fully saturated rings. The quantitative estimate of drug-likeness (QED) is 0.689. The van der Waals surface area contributed by atoms with Crippen molar-refractivity contribution in [2.24, 2.45) is 5.92 Å². The van der Waals surface area contributed by atoms with Crippen LogP contribution in [0.5, 0.6) is 0 Å². The van der Waals surface area contributed by atoms with E-state index in [1.165, 1.54) is 12.1 Å². The minimum atomic E-state index is -3.67. The number of hydrogen-bond acceptors (Lipinski definition) is 4. The van der Waals surface area contributed by atoms with Crippen LogP contribution in [0.4, 0.5) is 0 Å². The number of benzene rings is 1. The van der Waals surface area contributed by atoms with Gasteiger partial charge in [0, 0.05) is 17.7 Å². The summed E-state index contributed by atoms with van der Waals surface area (Å²) in [4.78, 5) is 16.4. The van der Waals surface area contributed by atoms with Gasteiger partial charge in [-0.25, -0.2) is 18.1 Å². The Morgan fingerprint density at radius 3 is 2.64 bits per heavy atom. The number of fused-ring (bicyclic) bond motifs is 1. The summed E-state index contributed by atoms with van der Waals surface area (Å²) < 4.78 is 29.3. The molecule has 0 saturated heterocycles. The van der Waals surface area contributed by atoms with Crippen LogP contribution in [-0.4, -0.2) is 23.6 Å². The maximum absolute atomic E-state index is 12.5. The fourth-order valence-corrected chi connectivity index (χ4v) is 3.73. The van der Waals surface area contributed by atoms with Crippen molar-refractivity contribution < 1.29 is 13.2 Å². The molecule has 25 heavy (non-hydrogen) atoms. The third-order valence-electron chi connectivity index (χ3n) is 4.33. The highest BCUT2D eigenvalue weighted by Gasteiger charge is 2.30. The number of rotatable bonds is 6. The van der Waals surface area contributed by atoms with Gasteiger partial charge in [0.25, 0.3) is 0 Å². The molecule has 4 rings (SSSR count). The second-order valence-corrected chi connectivity index (χ2v) is 7.92. The molecule has 128 valence electrons. The van der Waals surface area contributed by atoms with Gasteiger partial charge < -0.3 is 4.40 Å². The van der Waals surface area contributed by atoms with Crippen molar-refractivity contribution in [1.82, 2.24) is 14.1 Å². The number of ketones is 1. The van der Waals surface area contributed by atoms with E-state index in [0.29, 0.717) is 11.4 Å². The molecule has 1 aliphatic carbocycles. The molecular formula is C18H17N3O3S. The molecule has 1 aliphatic rings. The minimum absolute atomic E-state index is 0.0866. The van der Waals surface area contributed by atoms with Gasteiger partial charge in [-0.3, -0.25) is 4.79 Å². The summed E-state index contributed by atoms with van der Waals surface area (Å²) in [6.45, 7) is 0.0866. The monoisotopic (exact) mass is 355 g/mol. The summed E-state index contributed by atoms with van der Waals surface area (Å²) in [5.74, 6) is 0.828. The van der Waals surface area contributed by atoms with Crippen LogP contribution in [0.2, 0.25) is 0 Å². The highest BCUT2D eigenvalue weighted by molar-refractivity contribution is 7.89. The topological polar surface area (TPSA) is 80.5 Å². The number of Topliss-reactive ketones (excluding diaryl/α,β-unsaturated/α-hetero) is 1. The normalized spacial score (nSPS) is 14.7. The average molecular weight is 355 g/mol. The van der Waals surface area contributed by atoms with E-state index in [9.17, 15) is 13.2 Å². The van der Waals surface area contributed by atoms with E-state index in [1.54, 1.807) is 18.3 Å². The summed E-state index contributed by atoms with van der Waals surface area (Å²) in [6.07, 6.45) is 5.39. The smallest absolute Gasteiger partial charge is 0.240 e. The molecule has 0 radical (unpaired) electrons. The van der Waals surface area contributed by atoms with Crippen molar-refractivity contribution >= 4 is 21.3 Å². The second kappa shape index (κ2) is 6.09. The third-order valence-corrected chi connectivity index (χ3v) is 5.75. The zero-order chi connectivity index (χ0) is 17.4. The molecule has 0 unspecified atom stereocenters. The third kappa shape index (κ3) is 3.20. The van der Waals surface area contributed by atoms with Gasteiger partial charge in [0.05, 0.1) is 23.2 Å². The first kappa shape index (κ1) is 16.0. The average Bonchev–Trinajstić information content (AvgIpc) is 3.40. The fourth-order valence-electron chi connectivity index (χ4n) is 2.75. The van der Waals surface area contributed by atoms with Crippen molar-refractivity contribution in [2.75, 3.05) is 0 Å². The minimum Gasteiger partial charge on any atom is -0.303 e. The van der Waals surface area contributed by atoms with Crippen molar-refractivity contribution in [3.8, 4) is 0 Å². The van der Waals surface area contributed by atoms with E-state index in [0.717, 1.165) is 18.4 Å². The summed E-state index contributed by atoms with van der Waals surface area (Å²) in [5, 5.41) is 0. The maximum Gasteiger partial charge on any atom is 0.240 e. The lowest BCUT2D eigenvalue weighted by Gasteiger charge is -2.07. The van der Waals surface area contributed by atoms with Crippen LogP contribution >= 0.6 is 0 Å². The summed E-state index contributed by atoms with van der Waals surface area (Å²) in [5.41, 5.74) is 1.47. The van der Waals surface area contributed by atoms with E-state index >= 15 is 0 Å². The first-order valence-electron chi connectivity index (χ1n) is 8.09. The molecule has 2 aromatic heterocycles. The molecule has 3 aromatic rings. The van der Waals surface area contributed by atoms with Crippen LogP contribution in [0.3, 0.4) is 0 Å². The van der Waals surface area contributed by atoms with Crippen molar-refractivity contribution in [1.29, 1.82) is 0 Å². The Kier molecular flexibility index (Phi) is 3.89. The molecule has 1 aromatic carbocycles. The molecule has 0 atom stereocenters. The lowest BCUT2D eigenvalue weighted by molar-refractivity contribution is 0.0967. The molecule has 0 amide bonds. The Morgan fingerprint density at radius 2 is 1.92 bits per heavy atom. The SMILES string of the molecule is O=C(c1ccc(S(=O)(=O)NCc2ncc3ccccn23)cc1)C1CC1. The van der Waals surface area contributed by atoms with Crippen LogP contribution in [0.15, 0.2) is 59.8 Å². The lowest BCUT2D eigenvalue weighted by Crippen LogP contribution is -2.24. The molecule has 1 N–H and O–H groups in total. The van der Waals surface area contributed by atoms with Gasteiger partial charge in [0.15, 0.2) is 5.78 Å². The molecular weight excluding hydrogens is 338 g/mol. The summed E-state index contributed by atoms with van der Waals surface area (Å²) in [6, 6.07) is 11.8. The second-order valence-electron chi connectivity index (χ2n) is 6.16. The fraction of sp³-hybridized carbons (Fsp3) is 0.222. The van der Waals surface area contributed by atoms with E-state index in [-0.39, 0.29) is 23.1 Å². The van der Waals surface area contributed by atoms with E-state index < -0.39 is 10.0 Å². The van der Waals surface area contributed by atoms with Crippen LogP contribution < -0.4 is 4.72 Å². The number of hydrogen-bond donors (Lipinski definition) is 1. The first-order chi connectivity index (χ1) is 12.0. The zero-order valence-electron chi connectivity index (χ0n) is 13.4. The largest absolute Gasteiger partial charge is 0.303 e. The van der Waals surface area contributed by atoms with Crippen molar-refractivity contribution in [3.05, 3.63) is 66.2 Å². The summed E-state index contributed by atoms with van der Waals surface area (Å²) in [7, 11) is -3.67. The van der Waals surface area contributed by atoms with Gasteiger partial charge in [-0.1, -0.05) is 18.2 Å². The maximum atomic E-state index is 12.5. The van der Waals surface area contributed by atoms with Gasteiger partial charge in [0.2, 0.25) is 10.0 Å². The van der Waals surface area contributed by atoms with Crippen molar-refractivity contribution in [3.63, 3.8) is 0 Å². The molecule has 0 aliphatic heterocycles. The first-order valence-corrected chi connectivity index (χ1v) is 9.58. The molecule has 1 saturated carbocycles. The number of nitrogens with one attached hydrogen (secondary N) is 1. The molecule has 2 heterocycles. The van der Waals surface area contributed by atoms with Gasteiger partial charge in [-0.2, -0.15) is 0 Å². The van der Waals surface area contributed by atoms with Gasteiger partial charge in [-0.05, 0) is 37.1 Å². The molecule has 0 bridgehead atoms. The van der Waals surface area contributed by atoms with E-state index in [4.69, 9.17) is 0 Å². The summed E-state index contributed by atoms with van der Waals surface area (Å²) >= 11 is 0. The number of aromatic nitrogens is 2.